The number of carbonyl (C=O) groups excluding carboxylic acids is 2. The number of para-hydroxylation sites is 1. The van der Waals surface area contributed by atoms with Gasteiger partial charge in [0.15, 0.2) is 0 Å². The van der Waals surface area contributed by atoms with Gasteiger partial charge in [-0.15, -0.1) is 0 Å². The fourth-order valence-electron chi connectivity index (χ4n) is 3.79. The molecule has 4 rings (SSSR count). The number of nitrogens with zero attached hydrogens (tertiary/aromatic N) is 3. The minimum absolute atomic E-state index is 0.0533. The van der Waals surface area contributed by atoms with Crippen molar-refractivity contribution in [1.82, 2.24) is 9.80 Å². The van der Waals surface area contributed by atoms with Gasteiger partial charge in [-0.2, -0.15) is 11.8 Å². The second-order valence-electron chi connectivity index (χ2n) is 7.13. The van der Waals surface area contributed by atoms with E-state index in [2.05, 4.69) is 24.3 Å². The maximum absolute atomic E-state index is 12.8. The van der Waals surface area contributed by atoms with Crippen LogP contribution in [0.2, 0.25) is 0 Å². The Labute approximate surface area is 170 Å². The van der Waals surface area contributed by atoms with E-state index in [9.17, 15) is 9.59 Å². The Morgan fingerprint density at radius 1 is 0.929 bits per heavy atom. The van der Waals surface area contributed by atoms with Crippen LogP contribution in [-0.4, -0.2) is 60.2 Å². The van der Waals surface area contributed by atoms with Gasteiger partial charge in [0.2, 0.25) is 5.91 Å². The van der Waals surface area contributed by atoms with Gasteiger partial charge in [0, 0.05) is 42.9 Å². The summed E-state index contributed by atoms with van der Waals surface area (Å²) in [6.45, 7) is 2.88. The molecule has 2 fully saturated rings. The third-order valence-electron chi connectivity index (χ3n) is 5.35. The zero-order valence-corrected chi connectivity index (χ0v) is 16.7. The second kappa shape index (κ2) is 8.69. The van der Waals surface area contributed by atoms with Gasteiger partial charge in [0.1, 0.15) is 6.54 Å². The smallest absolute Gasteiger partial charge is 0.325 e. The largest absolute Gasteiger partial charge is 0.340 e. The van der Waals surface area contributed by atoms with Gasteiger partial charge < -0.3 is 9.80 Å². The molecule has 6 heteroatoms. The summed E-state index contributed by atoms with van der Waals surface area (Å²) in [5.41, 5.74) is 2.22. The Kier molecular flexibility index (Phi) is 5.86. The summed E-state index contributed by atoms with van der Waals surface area (Å²) in [6, 6.07) is 20.1. The van der Waals surface area contributed by atoms with Crippen molar-refractivity contribution in [2.45, 2.75) is 11.7 Å². The van der Waals surface area contributed by atoms with Gasteiger partial charge in [0.05, 0.1) is 0 Å². The zero-order valence-electron chi connectivity index (χ0n) is 15.9. The molecular weight excluding hydrogens is 370 g/mol. The lowest BCUT2D eigenvalue weighted by atomic mass is 10.1. The van der Waals surface area contributed by atoms with E-state index in [4.69, 9.17) is 0 Å². The Bertz CT molecular complexity index is 815. The van der Waals surface area contributed by atoms with E-state index < -0.39 is 0 Å². The molecule has 0 N–H and O–H groups in total. The number of hydrogen-bond donors (Lipinski definition) is 0. The molecule has 2 saturated heterocycles. The van der Waals surface area contributed by atoms with Crippen molar-refractivity contribution in [3.05, 3.63) is 66.2 Å². The number of carbonyl (C=O) groups is 2. The fraction of sp³-hybridized carbons (Fsp3) is 0.364. The lowest BCUT2D eigenvalue weighted by molar-refractivity contribution is -0.131. The van der Waals surface area contributed by atoms with Crippen LogP contribution in [-0.2, 0) is 4.79 Å². The maximum atomic E-state index is 12.8. The number of thioether (sulfide) groups is 1. The third kappa shape index (κ3) is 4.17. The quantitative estimate of drug-likeness (QED) is 0.794. The number of anilines is 1. The lowest BCUT2D eigenvalue weighted by Gasteiger charge is -2.24. The first kappa shape index (κ1) is 18.9. The number of benzene rings is 2. The van der Waals surface area contributed by atoms with Gasteiger partial charge in [-0.1, -0.05) is 48.5 Å². The fourth-order valence-corrected chi connectivity index (χ4v) is 5.03. The number of urea groups is 1. The van der Waals surface area contributed by atoms with E-state index in [0.29, 0.717) is 18.3 Å². The topological polar surface area (TPSA) is 43.9 Å². The normalized spacial score (nSPS) is 20.4. The van der Waals surface area contributed by atoms with Crippen LogP contribution in [0.5, 0.6) is 0 Å². The molecule has 1 atom stereocenters. The van der Waals surface area contributed by atoms with E-state index >= 15 is 0 Å². The molecule has 0 saturated carbocycles. The van der Waals surface area contributed by atoms with Crippen molar-refractivity contribution in [1.29, 1.82) is 0 Å². The number of amides is 3. The summed E-state index contributed by atoms with van der Waals surface area (Å²) in [5.74, 6) is 0.979. The highest BCUT2D eigenvalue weighted by molar-refractivity contribution is 7.99. The molecule has 0 unspecified atom stereocenters. The van der Waals surface area contributed by atoms with E-state index in [1.165, 1.54) is 5.56 Å². The summed E-state index contributed by atoms with van der Waals surface area (Å²) < 4.78 is 0. The Balaban J connectivity index is 1.33. The predicted molar refractivity (Wildman–Crippen MR) is 114 cm³/mol. The SMILES string of the molecule is O=C(CN1CCN(c2ccccc2)C1=O)N1CCS[C@H](c2ccccc2)CC1. The first-order valence-corrected chi connectivity index (χ1v) is 10.8. The highest BCUT2D eigenvalue weighted by Crippen LogP contribution is 2.34. The van der Waals surface area contributed by atoms with Crippen LogP contribution >= 0.6 is 11.8 Å². The van der Waals surface area contributed by atoms with Crippen LogP contribution in [0.1, 0.15) is 17.2 Å². The molecule has 0 spiro atoms. The van der Waals surface area contributed by atoms with Crippen molar-refractivity contribution in [3.8, 4) is 0 Å². The van der Waals surface area contributed by atoms with Crippen LogP contribution < -0.4 is 4.90 Å². The van der Waals surface area contributed by atoms with Crippen LogP contribution in [0, 0.1) is 0 Å². The summed E-state index contributed by atoms with van der Waals surface area (Å²) in [4.78, 5) is 30.9. The van der Waals surface area contributed by atoms with Crippen molar-refractivity contribution in [2.75, 3.05) is 43.4 Å². The molecule has 2 heterocycles. The molecule has 2 aromatic carbocycles. The minimum atomic E-state index is -0.0779. The van der Waals surface area contributed by atoms with E-state index in [-0.39, 0.29) is 18.5 Å². The molecule has 2 aliphatic heterocycles. The standard InChI is InChI=1S/C22H25N3O2S/c26-21(17-24-13-14-25(22(24)27)19-9-5-2-6-10-19)23-12-11-20(28-16-15-23)18-7-3-1-4-8-18/h1-10,20H,11-17H2/t20-/m0/s1. The van der Waals surface area contributed by atoms with Crippen molar-refractivity contribution < 1.29 is 9.59 Å². The molecule has 2 aromatic rings. The molecule has 146 valence electrons. The molecule has 0 aromatic heterocycles. The molecular formula is C22H25N3O2S. The monoisotopic (exact) mass is 395 g/mol. The Morgan fingerprint density at radius 3 is 2.39 bits per heavy atom. The van der Waals surface area contributed by atoms with Crippen molar-refractivity contribution in [2.24, 2.45) is 0 Å². The average Bonchev–Trinajstić information content (AvgIpc) is 2.95. The molecule has 0 bridgehead atoms. The van der Waals surface area contributed by atoms with Crippen LogP contribution in [0.3, 0.4) is 0 Å². The zero-order chi connectivity index (χ0) is 19.3. The number of hydrogen-bond acceptors (Lipinski definition) is 3. The highest BCUT2D eigenvalue weighted by Gasteiger charge is 2.32. The summed E-state index contributed by atoms with van der Waals surface area (Å²) in [6.07, 6.45) is 0.949. The summed E-state index contributed by atoms with van der Waals surface area (Å²) in [7, 11) is 0. The van der Waals surface area contributed by atoms with Crippen LogP contribution in [0.25, 0.3) is 0 Å². The molecule has 28 heavy (non-hydrogen) atoms. The van der Waals surface area contributed by atoms with Gasteiger partial charge in [-0.3, -0.25) is 9.69 Å². The van der Waals surface area contributed by atoms with Crippen molar-refractivity contribution in [3.63, 3.8) is 0 Å². The first-order chi connectivity index (χ1) is 13.7. The third-order valence-corrected chi connectivity index (χ3v) is 6.68. The van der Waals surface area contributed by atoms with Crippen LogP contribution in [0.4, 0.5) is 10.5 Å². The maximum Gasteiger partial charge on any atom is 0.325 e. The molecule has 0 aliphatic carbocycles. The van der Waals surface area contributed by atoms with Gasteiger partial charge in [-0.05, 0) is 24.1 Å². The summed E-state index contributed by atoms with van der Waals surface area (Å²) in [5, 5.41) is 0.431. The van der Waals surface area contributed by atoms with Gasteiger partial charge in [-0.25, -0.2) is 4.79 Å². The Morgan fingerprint density at radius 2 is 1.64 bits per heavy atom. The average molecular weight is 396 g/mol. The minimum Gasteiger partial charge on any atom is -0.340 e. The van der Waals surface area contributed by atoms with Crippen LogP contribution in [0.15, 0.2) is 60.7 Å². The Hall–Kier alpha value is -2.47. The van der Waals surface area contributed by atoms with Gasteiger partial charge >= 0.3 is 6.03 Å². The molecule has 5 nitrogen and oxygen atoms in total. The second-order valence-corrected chi connectivity index (χ2v) is 8.44. The number of rotatable bonds is 4. The first-order valence-electron chi connectivity index (χ1n) is 9.78. The lowest BCUT2D eigenvalue weighted by Crippen LogP contribution is -2.43. The summed E-state index contributed by atoms with van der Waals surface area (Å²) >= 11 is 1.92. The molecule has 3 amide bonds. The van der Waals surface area contributed by atoms with E-state index in [0.717, 1.165) is 31.0 Å². The highest BCUT2D eigenvalue weighted by atomic mass is 32.2. The van der Waals surface area contributed by atoms with Crippen molar-refractivity contribution >= 4 is 29.4 Å². The van der Waals surface area contributed by atoms with Gasteiger partial charge in [0.25, 0.3) is 0 Å². The van der Waals surface area contributed by atoms with E-state index in [1.54, 1.807) is 9.80 Å². The molecule has 2 aliphatic rings. The predicted octanol–water partition coefficient (Wildman–Crippen LogP) is 3.64. The van der Waals surface area contributed by atoms with E-state index in [1.807, 2.05) is 53.1 Å². The molecule has 0 radical (unpaired) electrons.